The number of carbonyl (C=O) groups is 2. The van der Waals surface area contributed by atoms with Gasteiger partial charge in [-0.15, -0.1) is 0 Å². The number of carbonyl (C=O) groups excluding carboxylic acids is 2. The first-order chi connectivity index (χ1) is 8.22. The summed E-state index contributed by atoms with van der Waals surface area (Å²) in [5.74, 6) is -0.720. The second-order valence-corrected chi connectivity index (χ2v) is 3.83. The van der Waals surface area contributed by atoms with Crippen LogP contribution in [0.3, 0.4) is 0 Å². The lowest BCUT2D eigenvalue weighted by Crippen LogP contribution is -2.30. The Kier molecular flexibility index (Phi) is 3.23. The molecule has 2 rings (SSSR count). The molecule has 0 radical (unpaired) electrons. The first kappa shape index (κ1) is 11.4. The molecule has 0 fully saturated rings. The zero-order valence-electron chi connectivity index (χ0n) is 9.47. The van der Waals surface area contributed by atoms with Gasteiger partial charge in [0.05, 0.1) is 12.7 Å². The Morgan fingerprint density at radius 3 is 2.71 bits per heavy atom. The molecular formula is C13H13NO3. The normalized spacial score (nSPS) is 19.2. The average Bonchev–Trinajstić information content (AvgIpc) is 2.39. The lowest BCUT2D eigenvalue weighted by molar-refractivity contribution is -0.136. The second kappa shape index (κ2) is 4.82. The monoisotopic (exact) mass is 231 g/mol. The Morgan fingerprint density at radius 2 is 2.06 bits per heavy atom. The molecule has 1 amide bonds. The minimum absolute atomic E-state index is 0.0912. The van der Waals surface area contributed by atoms with Crippen LogP contribution >= 0.6 is 0 Å². The molecule has 1 aliphatic rings. The summed E-state index contributed by atoms with van der Waals surface area (Å²) in [4.78, 5) is 23.0. The van der Waals surface area contributed by atoms with Crippen LogP contribution in [0.4, 0.5) is 0 Å². The van der Waals surface area contributed by atoms with Crippen molar-refractivity contribution in [1.82, 2.24) is 5.32 Å². The minimum Gasteiger partial charge on any atom is -0.466 e. The highest BCUT2D eigenvalue weighted by Gasteiger charge is 2.29. The maximum absolute atomic E-state index is 11.6. The van der Waals surface area contributed by atoms with Gasteiger partial charge in [-0.05, 0) is 5.56 Å². The van der Waals surface area contributed by atoms with Gasteiger partial charge in [0.25, 0.3) is 0 Å². The van der Waals surface area contributed by atoms with E-state index in [1.165, 1.54) is 13.3 Å². The highest BCUT2D eigenvalue weighted by Crippen LogP contribution is 2.30. The fourth-order valence-corrected chi connectivity index (χ4v) is 1.91. The van der Waals surface area contributed by atoms with Gasteiger partial charge in [0, 0.05) is 18.5 Å². The number of esters is 1. The summed E-state index contributed by atoms with van der Waals surface area (Å²) in [5.41, 5.74) is 1.43. The third-order valence-electron chi connectivity index (χ3n) is 2.78. The zero-order chi connectivity index (χ0) is 12.3. The molecule has 0 saturated carbocycles. The largest absolute Gasteiger partial charge is 0.466 e. The first-order valence-electron chi connectivity index (χ1n) is 5.35. The molecule has 1 heterocycles. The molecule has 0 aliphatic carbocycles. The minimum atomic E-state index is -0.404. The number of hydrogen-bond donors (Lipinski definition) is 1. The van der Waals surface area contributed by atoms with Crippen molar-refractivity contribution in [1.29, 1.82) is 0 Å². The van der Waals surface area contributed by atoms with Crippen LogP contribution in [-0.2, 0) is 14.3 Å². The molecule has 1 atom stereocenters. The number of amides is 1. The molecule has 4 nitrogen and oxygen atoms in total. The highest BCUT2D eigenvalue weighted by molar-refractivity contribution is 5.94. The van der Waals surface area contributed by atoms with Gasteiger partial charge in [0.1, 0.15) is 0 Å². The number of rotatable bonds is 2. The van der Waals surface area contributed by atoms with Crippen molar-refractivity contribution in [2.45, 2.75) is 12.3 Å². The molecular weight excluding hydrogens is 218 g/mol. The van der Waals surface area contributed by atoms with Crippen molar-refractivity contribution in [2.75, 3.05) is 7.11 Å². The third kappa shape index (κ3) is 2.36. The van der Waals surface area contributed by atoms with Gasteiger partial charge < -0.3 is 10.1 Å². The van der Waals surface area contributed by atoms with Crippen molar-refractivity contribution >= 4 is 11.9 Å². The van der Waals surface area contributed by atoms with Crippen LogP contribution in [0.25, 0.3) is 0 Å². The van der Waals surface area contributed by atoms with E-state index in [1.807, 2.05) is 30.3 Å². The third-order valence-corrected chi connectivity index (χ3v) is 2.78. The van der Waals surface area contributed by atoms with Gasteiger partial charge in [-0.3, -0.25) is 4.79 Å². The van der Waals surface area contributed by atoms with Crippen LogP contribution in [0, 0.1) is 0 Å². The molecule has 1 N–H and O–H groups in total. The Morgan fingerprint density at radius 1 is 1.35 bits per heavy atom. The molecule has 88 valence electrons. The molecule has 4 heteroatoms. The zero-order valence-corrected chi connectivity index (χ0v) is 9.47. The molecule has 1 aliphatic heterocycles. The van der Waals surface area contributed by atoms with E-state index in [0.717, 1.165) is 5.56 Å². The maximum atomic E-state index is 11.6. The standard InChI is InChI=1S/C13H13NO3/c1-17-13(16)11-8-14-12(15)7-10(11)9-5-3-2-4-6-9/h2-6,8,10H,7H2,1H3,(H,14,15)/t10-/m0/s1. The van der Waals surface area contributed by atoms with E-state index >= 15 is 0 Å². The number of ether oxygens (including phenoxy) is 1. The van der Waals surface area contributed by atoms with Crippen molar-refractivity contribution in [3.63, 3.8) is 0 Å². The molecule has 1 aromatic carbocycles. The van der Waals surface area contributed by atoms with Crippen LogP contribution in [0.2, 0.25) is 0 Å². The van der Waals surface area contributed by atoms with Crippen molar-refractivity contribution < 1.29 is 14.3 Å². The van der Waals surface area contributed by atoms with Gasteiger partial charge in [-0.2, -0.15) is 0 Å². The summed E-state index contributed by atoms with van der Waals surface area (Å²) in [6.45, 7) is 0. The molecule has 0 saturated heterocycles. The van der Waals surface area contributed by atoms with Crippen molar-refractivity contribution in [3.05, 3.63) is 47.7 Å². The number of hydrogen-bond acceptors (Lipinski definition) is 3. The first-order valence-corrected chi connectivity index (χ1v) is 5.35. The summed E-state index contributed by atoms with van der Waals surface area (Å²) >= 11 is 0. The lowest BCUT2D eigenvalue weighted by Gasteiger charge is -2.22. The van der Waals surface area contributed by atoms with E-state index in [0.29, 0.717) is 5.57 Å². The quantitative estimate of drug-likeness (QED) is 0.781. The van der Waals surface area contributed by atoms with E-state index < -0.39 is 5.97 Å². The summed E-state index contributed by atoms with van der Waals surface area (Å²) in [7, 11) is 1.33. The van der Waals surface area contributed by atoms with Gasteiger partial charge in [-0.1, -0.05) is 30.3 Å². The SMILES string of the molecule is COC(=O)C1=CNC(=O)C[C@H]1c1ccccc1. The average molecular weight is 231 g/mol. The predicted molar refractivity (Wildman–Crippen MR) is 62.0 cm³/mol. The van der Waals surface area contributed by atoms with Gasteiger partial charge in [0.15, 0.2) is 0 Å². The molecule has 0 bridgehead atoms. The van der Waals surface area contributed by atoms with E-state index in [9.17, 15) is 9.59 Å². The summed E-state index contributed by atoms with van der Waals surface area (Å²) in [6, 6.07) is 9.47. The number of nitrogens with one attached hydrogen (secondary N) is 1. The van der Waals surface area contributed by atoms with Gasteiger partial charge in [0.2, 0.25) is 5.91 Å². The van der Waals surface area contributed by atoms with E-state index in [4.69, 9.17) is 4.74 Å². The summed E-state index contributed by atoms with van der Waals surface area (Å²) in [5, 5.41) is 2.55. The Bertz CT molecular complexity index is 465. The topological polar surface area (TPSA) is 55.4 Å². The van der Waals surface area contributed by atoms with Crippen LogP contribution < -0.4 is 5.32 Å². The highest BCUT2D eigenvalue weighted by atomic mass is 16.5. The Labute approximate surface area is 99.3 Å². The van der Waals surface area contributed by atoms with Crippen molar-refractivity contribution in [3.8, 4) is 0 Å². The van der Waals surface area contributed by atoms with Gasteiger partial charge in [-0.25, -0.2) is 4.79 Å². The predicted octanol–water partition coefficient (Wildman–Crippen LogP) is 1.35. The molecule has 17 heavy (non-hydrogen) atoms. The molecule has 0 unspecified atom stereocenters. The fourth-order valence-electron chi connectivity index (χ4n) is 1.91. The van der Waals surface area contributed by atoms with E-state index in [-0.39, 0.29) is 18.2 Å². The van der Waals surface area contributed by atoms with Crippen LogP contribution in [0.1, 0.15) is 17.9 Å². The summed E-state index contributed by atoms with van der Waals surface area (Å²) < 4.78 is 4.72. The Hall–Kier alpha value is -2.10. The van der Waals surface area contributed by atoms with Crippen LogP contribution in [-0.4, -0.2) is 19.0 Å². The van der Waals surface area contributed by atoms with Gasteiger partial charge >= 0.3 is 5.97 Å². The summed E-state index contributed by atoms with van der Waals surface area (Å²) in [6.07, 6.45) is 1.71. The maximum Gasteiger partial charge on any atom is 0.335 e. The Balaban J connectivity index is 2.36. The smallest absolute Gasteiger partial charge is 0.335 e. The molecule has 0 aromatic heterocycles. The van der Waals surface area contributed by atoms with Crippen molar-refractivity contribution in [2.24, 2.45) is 0 Å². The van der Waals surface area contributed by atoms with E-state index in [1.54, 1.807) is 0 Å². The second-order valence-electron chi connectivity index (χ2n) is 3.83. The van der Waals surface area contributed by atoms with Crippen LogP contribution in [0.15, 0.2) is 42.1 Å². The lowest BCUT2D eigenvalue weighted by atomic mass is 9.86. The number of methoxy groups -OCH3 is 1. The van der Waals surface area contributed by atoms with E-state index in [2.05, 4.69) is 5.32 Å². The van der Waals surface area contributed by atoms with Crippen LogP contribution in [0.5, 0.6) is 0 Å². The number of benzene rings is 1. The molecule has 1 aromatic rings. The fraction of sp³-hybridized carbons (Fsp3) is 0.231. The molecule has 0 spiro atoms.